The van der Waals surface area contributed by atoms with Crippen molar-refractivity contribution in [2.75, 3.05) is 32.1 Å². The largest absolute Gasteiger partial charge is 0.495 e. The van der Waals surface area contributed by atoms with Gasteiger partial charge in [-0.1, -0.05) is 11.6 Å². The highest BCUT2D eigenvalue weighted by molar-refractivity contribution is 6.32. The molecular weight excluding hydrogens is 266 g/mol. The quantitative estimate of drug-likeness (QED) is 0.875. The molecule has 2 rings (SSSR count). The summed E-state index contributed by atoms with van der Waals surface area (Å²) >= 11 is 6.00. The molecule has 1 atom stereocenters. The average molecular weight is 284 g/mol. The smallest absolute Gasteiger partial charge is 0.238 e. The maximum Gasteiger partial charge on any atom is 0.238 e. The van der Waals surface area contributed by atoms with E-state index in [1.165, 1.54) is 0 Å². The normalized spacial score (nSPS) is 19.4. The number of amides is 1. The highest BCUT2D eigenvalue weighted by Gasteiger charge is 2.21. The summed E-state index contributed by atoms with van der Waals surface area (Å²) in [5.41, 5.74) is 6.47. The first-order valence-corrected chi connectivity index (χ1v) is 6.57. The minimum Gasteiger partial charge on any atom is -0.495 e. The minimum absolute atomic E-state index is 0.0599. The molecule has 1 amide bonds. The lowest BCUT2D eigenvalue weighted by Crippen LogP contribution is -2.33. The van der Waals surface area contributed by atoms with Crippen LogP contribution >= 0.6 is 11.6 Å². The van der Waals surface area contributed by atoms with Crippen molar-refractivity contribution in [3.05, 3.63) is 23.2 Å². The molecule has 0 unspecified atom stereocenters. The van der Waals surface area contributed by atoms with Crippen molar-refractivity contribution in [3.8, 4) is 5.75 Å². The predicted octanol–water partition coefficient (Wildman–Crippen LogP) is 1.32. The summed E-state index contributed by atoms with van der Waals surface area (Å²) < 4.78 is 5.06. The number of nitrogens with two attached hydrogens (primary N) is 1. The van der Waals surface area contributed by atoms with Crippen LogP contribution in [0.15, 0.2) is 18.2 Å². The Labute approximate surface area is 117 Å². The molecule has 19 heavy (non-hydrogen) atoms. The monoisotopic (exact) mass is 283 g/mol. The molecule has 0 spiro atoms. The van der Waals surface area contributed by atoms with Gasteiger partial charge in [0, 0.05) is 24.8 Å². The van der Waals surface area contributed by atoms with E-state index in [0.29, 0.717) is 23.0 Å². The van der Waals surface area contributed by atoms with Gasteiger partial charge in [-0.15, -0.1) is 0 Å². The highest BCUT2D eigenvalue weighted by atomic mass is 35.5. The van der Waals surface area contributed by atoms with Gasteiger partial charge >= 0.3 is 0 Å². The molecule has 1 aromatic rings. The predicted molar refractivity (Wildman–Crippen MR) is 75.7 cm³/mol. The lowest BCUT2D eigenvalue weighted by atomic mass is 10.3. The molecule has 0 bridgehead atoms. The third-order valence-electron chi connectivity index (χ3n) is 3.11. The van der Waals surface area contributed by atoms with E-state index in [4.69, 9.17) is 22.1 Å². The molecule has 6 heteroatoms. The SMILES string of the molecule is COc1ccc(NC(=O)CN2CC[C@H](N)C2)cc1Cl. The second kappa shape index (κ2) is 6.23. The van der Waals surface area contributed by atoms with Crippen LogP contribution in [-0.4, -0.2) is 43.6 Å². The Morgan fingerprint density at radius 1 is 1.63 bits per heavy atom. The summed E-state index contributed by atoms with van der Waals surface area (Å²) in [4.78, 5) is 13.9. The second-order valence-electron chi connectivity index (χ2n) is 4.68. The van der Waals surface area contributed by atoms with Gasteiger partial charge in [0.05, 0.1) is 18.7 Å². The summed E-state index contributed by atoms with van der Waals surface area (Å²) in [7, 11) is 1.55. The van der Waals surface area contributed by atoms with E-state index in [2.05, 4.69) is 5.32 Å². The summed E-state index contributed by atoms with van der Waals surface area (Å²) in [6.45, 7) is 2.01. The number of nitrogens with one attached hydrogen (secondary N) is 1. The molecule has 0 radical (unpaired) electrons. The van der Waals surface area contributed by atoms with Crippen LogP contribution < -0.4 is 15.8 Å². The van der Waals surface area contributed by atoms with E-state index in [1.807, 2.05) is 4.90 Å². The number of rotatable bonds is 4. The molecule has 5 nitrogen and oxygen atoms in total. The highest BCUT2D eigenvalue weighted by Crippen LogP contribution is 2.27. The lowest BCUT2D eigenvalue weighted by Gasteiger charge is -2.15. The van der Waals surface area contributed by atoms with Crippen LogP contribution in [0.4, 0.5) is 5.69 Å². The van der Waals surface area contributed by atoms with Crippen LogP contribution in [0, 0.1) is 0 Å². The molecule has 3 N–H and O–H groups in total. The van der Waals surface area contributed by atoms with Crippen LogP contribution in [0.1, 0.15) is 6.42 Å². The van der Waals surface area contributed by atoms with E-state index < -0.39 is 0 Å². The third kappa shape index (κ3) is 3.83. The van der Waals surface area contributed by atoms with E-state index in [0.717, 1.165) is 19.5 Å². The van der Waals surface area contributed by atoms with Crippen LogP contribution in [0.2, 0.25) is 5.02 Å². The molecule has 0 aromatic heterocycles. The summed E-state index contributed by atoms with van der Waals surface area (Å²) in [6.07, 6.45) is 0.946. The summed E-state index contributed by atoms with van der Waals surface area (Å²) in [5, 5.41) is 3.29. The van der Waals surface area contributed by atoms with Crippen LogP contribution in [0.25, 0.3) is 0 Å². The first kappa shape index (κ1) is 14.1. The zero-order valence-electron chi connectivity index (χ0n) is 10.9. The first-order valence-electron chi connectivity index (χ1n) is 6.20. The molecule has 0 aliphatic carbocycles. The van der Waals surface area contributed by atoms with E-state index >= 15 is 0 Å². The van der Waals surface area contributed by atoms with Gasteiger partial charge in [0.15, 0.2) is 0 Å². The number of nitrogens with zero attached hydrogens (tertiary/aromatic N) is 1. The number of methoxy groups -OCH3 is 1. The van der Waals surface area contributed by atoms with Gasteiger partial charge in [-0.2, -0.15) is 0 Å². The third-order valence-corrected chi connectivity index (χ3v) is 3.41. The van der Waals surface area contributed by atoms with Gasteiger partial charge in [0.1, 0.15) is 5.75 Å². The number of halogens is 1. The fourth-order valence-corrected chi connectivity index (χ4v) is 2.41. The lowest BCUT2D eigenvalue weighted by molar-refractivity contribution is -0.117. The fourth-order valence-electron chi connectivity index (χ4n) is 2.15. The van der Waals surface area contributed by atoms with Gasteiger partial charge in [0.2, 0.25) is 5.91 Å². The van der Waals surface area contributed by atoms with Gasteiger partial charge in [-0.25, -0.2) is 0 Å². The molecule has 104 valence electrons. The molecule has 1 heterocycles. The molecule has 1 aliphatic rings. The topological polar surface area (TPSA) is 67.6 Å². The fraction of sp³-hybridized carbons (Fsp3) is 0.462. The van der Waals surface area contributed by atoms with Gasteiger partial charge in [0.25, 0.3) is 0 Å². The van der Waals surface area contributed by atoms with Crippen molar-refractivity contribution in [2.24, 2.45) is 5.73 Å². The van der Waals surface area contributed by atoms with Crippen molar-refractivity contribution in [1.29, 1.82) is 0 Å². The maximum atomic E-state index is 11.9. The molecule has 0 saturated carbocycles. The number of hydrogen-bond acceptors (Lipinski definition) is 4. The van der Waals surface area contributed by atoms with Crippen molar-refractivity contribution in [2.45, 2.75) is 12.5 Å². The number of likely N-dealkylation sites (tertiary alicyclic amines) is 1. The number of carbonyl (C=O) groups excluding carboxylic acids is 1. The van der Waals surface area contributed by atoms with Crippen molar-refractivity contribution >= 4 is 23.2 Å². The van der Waals surface area contributed by atoms with Gasteiger partial charge in [-0.3, -0.25) is 9.69 Å². The van der Waals surface area contributed by atoms with E-state index in [1.54, 1.807) is 25.3 Å². The average Bonchev–Trinajstić information content (AvgIpc) is 2.74. The number of hydrogen-bond donors (Lipinski definition) is 2. The Morgan fingerprint density at radius 3 is 3.00 bits per heavy atom. The van der Waals surface area contributed by atoms with Crippen molar-refractivity contribution in [3.63, 3.8) is 0 Å². The van der Waals surface area contributed by atoms with Crippen molar-refractivity contribution < 1.29 is 9.53 Å². The number of carbonyl (C=O) groups is 1. The van der Waals surface area contributed by atoms with E-state index in [-0.39, 0.29) is 11.9 Å². The molecule has 1 aliphatic heterocycles. The number of ether oxygens (including phenoxy) is 1. The molecule has 1 aromatic carbocycles. The first-order chi connectivity index (χ1) is 9.08. The summed E-state index contributed by atoms with van der Waals surface area (Å²) in [5.74, 6) is 0.528. The zero-order chi connectivity index (χ0) is 13.8. The number of benzene rings is 1. The second-order valence-corrected chi connectivity index (χ2v) is 5.09. The standard InChI is InChI=1S/C13H18ClN3O2/c1-19-12-3-2-10(6-11(12)14)16-13(18)8-17-5-4-9(15)7-17/h2-3,6,9H,4-5,7-8,15H2,1H3,(H,16,18)/t9-/m0/s1. The van der Waals surface area contributed by atoms with Crippen LogP contribution in [-0.2, 0) is 4.79 Å². The van der Waals surface area contributed by atoms with Crippen LogP contribution in [0.3, 0.4) is 0 Å². The molecule has 1 fully saturated rings. The Morgan fingerprint density at radius 2 is 2.42 bits per heavy atom. The zero-order valence-corrected chi connectivity index (χ0v) is 11.6. The maximum absolute atomic E-state index is 11.9. The van der Waals surface area contributed by atoms with Gasteiger partial charge in [-0.05, 0) is 24.6 Å². The number of anilines is 1. The van der Waals surface area contributed by atoms with Crippen LogP contribution in [0.5, 0.6) is 5.75 Å². The molecule has 1 saturated heterocycles. The Bertz CT molecular complexity index is 467. The van der Waals surface area contributed by atoms with Crippen molar-refractivity contribution in [1.82, 2.24) is 4.90 Å². The van der Waals surface area contributed by atoms with Gasteiger partial charge < -0.3 is 15.8 Å². The Kier molecular flexibility index (Phi) is 4.63. The molecular formula is C13H18ClN3O2. The van der Waals surface area contributed by atoms with E-state index in [9.17, 15) is 4.79 Å². The summed E-state index contributed by atoms with van der Waals surface area (Å²) in [6, 6.07) is 5.35. The minimum atomic E-state index is -0.0599. The Balaban J connectivity index is 1.90. The Hall–Kier alpha value is -1.30.